The fourth-order valence-electron chi connectivity index (χ4n) is 8.42. The van der Waals surface area contributed by atoms with Gasteiger partial charge in [0, 0.05) is 64.1 Å². The maximum absolute atomic E-state index is 13.4. The molecule has 16 nitrogen and oxygen atoms in total. The first-order chi connectivity index (χ1) is 31.1. The van der Waals surface area contributed by atoms with Gasteiger partial charge in [-0.05, 0) is 104 Å². The second kappa shape index (κ2) is 18.2. The van der Waals surface area contributed by atoms with E-state index in [4.69, 9.17) is 9.41 Å². The molecule has 362 valence electrons. The van der Waals surface area contributed by atoms with E-state index in [0.717, 1.165) is 23.8 Å². The summed E-state index contributed by atoms with van der Waals surface area (Å²) >= 11 is 0. The Hall–Kier alpha value is -5.96. The third kappa shape index (κ3) is 11.1. The normalized spacial score (nSPS) is 13.0. The van der Waals surface area contributed by atoms with Crippen molar-refractivity contribution in [2.75, 3.05) is 16.0 Å². The van der Waals surface area contributed by atoms with Crippen LogP contribution in [0.4, 0.5) is 28.4 Å². The second-order valence-electron chi connectivity index (χ2n) is 19.6. The molecule has 0 fully saturated rings. The van der Waals surface area contributed by atoms with E-state index in [-0.39, 0.29) is 85.6 Å². The number of anilines is 4. The van der Waals surface area contributed by atoms with Crippen molar-refractivity contribution in [1.82, 2.24) is 0 Å². The second-order valence-corrected chi connectivity index (χ2v) is 23.8. The lowest BCUT2D eigenvalue weighted by Gasteiger charge is -2.23. The first-order valence-corrected chi connectivity index (χ1v) is 25.7. The summed E-state index contributed by atoms with van der Waals surface area (Å²) in [7, 11) is -15.3. The van der Waals surface area contributed by atoms with Gasteiger partial charge in [-0.15, -0.1) is 0 Å². The van der Waals surface area contributed by atoms with E-state index in [1.54, 1.807) is 46.8 Å². The summed E-state index contributed by atoms with van der Waals surface area (Å²) in [5, 5.41) is 8.56. The minimum absolute atomic E-state index is 0.120. The molecule has 2 aliphatic rings. The number of nitrogens with zero attached hydrogens (tertiary/aromatic N) is 1. The molecule has 4 aromatic carbocycles. The monoisotopic (exact) mass is 988 g/mol. The lowest BCUT2D eigenvalue weighted by Crippen LogP contribution is -2.21. The molecule has 1 aliphatic heterocycles. The van der Waals surface area contributed by atoms with Crippen LogP contribution >= 0.6 is 0 Å². The Balaban J connectivity index is 1.72. The summed E-state index contributed by atoms with van der Waals surface area (Å²) in [6.45, 7) is 22.1. The zero-order valence-electron chi connectivity index (χ0n) is 39.9. The van der Waals surface area contributed by atoms with E-state index < -0.39 is 45.0 Å². The zero-order chi connectivity index (χ0) is 50.8. The molecular weight excluding hydrogens is 933 g/mol. The molecule has 19 heteroatoms. The molecule has 0 saturated heterocycles. The number of benzene rings is 5. The molecule has 68 heavy (non-hydrogen) atoms. The molecule has 6 N–H and O–H groups in total. The quantitative estimate of drug-likeness (QED) is 0.0522. The first kappa shape index (κ1) is 51.4. The van der Waals surface area contributed by atoms with Crippen molar-refractivity contribution in [2.45, 2.75) is 111 Å². The van der Waals surface area contributed by atoms with Crippen molar-refractivity contribution in [1.29, 1.82) is 0 Å². The number of carbonyl (C=O) groups excluding carboxylic acids is 2. The van der Waals surface area contributed by atoms with E-state index in [0.29, 0.717) is 44.9 Å². The molecule has 1 heterocycles. The van der Waals surface area contributed by atoms with Crippen molar-refractivity contribution in [2.24, 2.45) is 15.8 Å². The van der Waals surface area contributed by atoms with E-state index in [1.165, 1.54) is 30.3 Å². The van der Waals surface area contributed by atoms with Gasteiger partial charge in [0.05, 0.1) is 16.7 Å². The van der Waals surface area contributed by atoms with Crippen molar-refractivity contribution < 1.29 is 52.9 Å². The minimum Gasteiger partial charge on any atom is -0.456 e. The van der Waals surface area contributed by atoms with Crippen LogP contribution in [0.5, 0.6) is 0 Å². The zero-order valence-corrected chi connectivity index (χ0v) is 42.3. The van der Waals surface area contributed by atoms with Gasteiger partial charge in [-0.3, -0.25) is 23.2 Å². The summed E-state index contributed by atoms with van der Waals surface area (Å²) in [5.74, 6) is -0.638. The van der Waals surface area contributed by atoms with Gasteiger partial charge in [0.1, 0.15) is 26.0 Å². The molecule has 0 unspecified atom stereocenters. The number of aryl methyl sites for hydroxylation is 4. The van der Waals surface area contributed by atoms with Gasteiger partial charge in [-0.25, -0.2) is 4.99 Å². The molecule has 6 rings (SSSR count). The van der Waals surface area contributed by atoms with Crippen LogP contribution in [-0.4, -0.2) is 50.7 Å². The Morgan fingerprint density at radius 2 is 1.09 bits per heavy atom. The minimum atomic E-state index is -5.17. The topological polar surface area (TPSA) is 259 Å². The molecule has 0 spiro atoms. The smallest absolute Gasteiger partial charge is 0.296 e. The standard InChI is InChI=1S/C49H56N4O12S3/c1-25-17-27(3)46(52-41(54)23-48(7,8)9)29(5)44(25)50-34-21-36-32(19-39(34)67(59,60)61)43(31-15-13-14-16-38(31)66(56,57)58)33-20-40(68(62,63)64)35(22-37(33)65-36)51-45-26(2)18-28(4)47(30(45)6)53-42(55)24-49(10,11)12/h13-22,50H,23-24H2,1-12H3,(H,52,54)(H,53,55)(H,56,57,58)(H,59,60,61)(H,62,63,64). The van der Waals surface area contributed by atoms with Gasteiger partial charge in [0.15, 0.2) is 0 Å². The predicted octanol–water partition coefficient (Wildman–Crippen LogP) is 10.5. The summed E-state index contributed by atoms with van der Waals surface area (Å²) in [6.07, 6.45) is 0.410. The fraction of sp³-hybridized carbons (Fsp3) is 0.327. The largest absolute Gasteiger partial charge is 0.456 e. The summed E-state index contributed by atoms with van der Waals surface area (Å²) in [4.78, 5) is 28.9. The number of fused-ring (bicyclic) bond motifs is 2. The Bertz CT molecular complexity index is 3470. The summed E-state index contributed by atoms with van der Waals surface area (Å²) in [6, 6.07) is 13.1. The van der Waals surface area contributed by atoms with Crippen molar-refractivity contribution in [3.05, 3.63) is 99.4 Å². The lowest BCUT2D eigenvalue weighted by atomic mass is 9.91. The molecule has 0 radical (unpaired) electrons. The molecule has 0 saturated carbocycles. The number of hydrogen-bond acceptors (Lipinski definition) is 11. The van der Waals surface area contributed by atoms with Gasteiger partial charge >= 0.3 is 0 Å². The SMILES string of the molecule is Cc1cc(C)c(NC(=O)CC(C)(C)C)c(C)c1N=c1cc2oc3cc(Nc4c(C)cc(C)c(NC(=O)CC(C)(C)C)c4C)c(S(=O)(=O)O)cc3c(-c3ccccc3S(=O)(=O)O)c-2cc1S(=O)(=O)O. The van der Waals surface area contributed by atoms with Gasteiger partial charge in [-0.1, -0.05) is 71.9 Å². The van der Waals surface area contributed by atoms with Crippen LogP contribution in [-0.2, 0) is 39.9 Å². The van der Waals surface area contributed by atoms with Crippen molar-refractivity contribution >= 4 is 81.6 Å². The maximum Gasteiger partial charge on any atom is 0.296 e. The van der Waals surface area contributed by atoms with Crippen LogP contribution in [0.3, 0.4) is 0 Å². The first-order valence-electron chi connectivity index (χ1n) is 21.4. The molecule has 4 aromatic rings. The fourth-order valence-corrected chi connectivity index (χ4v) is 10.4. The molecule has 0 aromatic heterocycles. The van der Waals surface area contributed by atoms with Crippen molar-refractivity contribution in [3.8, 4) is 22.5 Å². The third-order valence-electron chi connectivity index (χ3n) is 11.2. The van der Waals surface area contributed by atoms with Crippen LogP contribution in [0, 0.1) is 52.4 Å². The lowest BCUT2D eigenvalue weighted by molar-refractivity contribution is -0.118. The van der Waals surface area contributed by atoms with Gasteiger partial charge < -0.3 is 20.4 Å². The van der Waals surface area contributed by atoms with E-state index >= 15 is 0 Å². The van der Waals surface area contributed by atoms with Crippen LogP contribution in [0.25, 0.3) is 33.4 Å². The van der Waals surface area contributed by atoms with Crippen LogP contribution < -0.4 is 21.3 Å². The number of nitrogens with one attached hydrogen (secondary N) is 3. The highest BCUT2D eigenvalue weighted by atomic mass is 32.2. The summed E-state index contributed by atoms with van der Waals surface area (Å²) < 4.78 is 118. The molecule has 0 atom stereocenters. The Morgan fingerprint density at radius 3 is 1.62 bits per heavy atom. The van der Waals surface area contributed by atoms with E-state index in [2.05, 4.69) is 16.0 Å². The highest BCUT2D eigenvalue weighted by Crippen LogP contribution is 2.46. The Kier molecular flexibility index (Phi) is 13.7. The number of carbonyl (C=O) groups is 2. The van der Waals surface area contributed by atoms with Gasteiger partial charge in [0.2, 0.25) is 11.8 Å². The van der Waals surface area contributed by atoms with Crippen LogP contribution in [0.1, 0.15) is 87.8 Å². The molecule has 1 aliphatic carbocycles. The van der Waals surface area contributed by atoms with E-state index in [1.807, 2.05) is 48.5 Å². The third-order valence-corrected chi connectivity index (χ3v) is 13.9. The average molecular weight is 989 g/mol. The number of amides is 2. The maximum atomic E-state index is 13.4. The summed E-state index contributed by atoms with van der Waals surface area (Å²) in [5.41, 5.74) is 3.70. The van der Waals surface area contributed by atoms with Gasteiger partial charge in [-0.2, -0.15) is 25.3 Å². The molecular formula is C49H56N4O12S3. The van der Waals surface area contributed by atoms with E-state index in [9.17, 15) is 48.5 Å². The number of hydrogen-bond donors (Lipinski definition) is 6. The predicted molar refractivity (Wildman–Crippen MR) is 263 cm³/mol. The number of rotatable bonds is 11. The highest BCUT2D eigenvalue weighted by Gasteiger charge is 2.30. The Morgan fingerprint density at radius 1 is 0.588 bits per heavy atom. The Labute approximate surface area is 396 Å². The van der Waals surface area contributed by atoms with Crippen LogP contribution in [0.15, 0.2) is 84.8 Å². The van der Waals surface area contributed by atoms with Gasteiger partial charge in [0.25, 0.3) is 30.4 Å². The van der Waals surface area contributed by atoms with Crippen LogP contribution in [0.2, 0.25) is 0 Å². The highest BCUT2D eigenvalue weighted by molar-refractivity contribution is 7.86. The average Bonchev–Trinajstić information content (AvgIpc) is 3.17. The molecule has 2 amide bonds. The van der Waals surface area contributed by atoms with Crippen molar-refractivity contribution in [3.63, 3.8) is 0 Å². The molecule has 0 bridgehead atoms.